The lowest BCUT2D eigenvalue weighted by molar-refractivity contribution is 0.0679. The third-order valence-electron chi connectivity index (χ3n) is 3.67. The molecule has 22 heavy (non-hydrogen) atoms. The molecule has 0 aliphatic rings. The van der Waals surface area contributed by atoms with E-state index in [1.54, 1.807) is 13.8 Å². The number of hydrogen-bond donors (Lipinski definition) is 1. The van der Waals surface area contributed by atoms with Gasteiger partial charge < -0.3 is 9.67 Å². The molecule has 0 aromatic carbocycles. The number of aromatic nitrogens is 4. The zero-order valence-corrected chi connectivity index (χ0v) is 13.0. The molecule has 8 heteroatoms. The Morgan fingerprint density at radius 2 is 1.73 bits per heavy atom. The van der Waals surface area contributed by atoms with Crippen LogP contribution >= 0.6 is 0 Å². The summed E-state index contributed by atoms with van der Waals surface area (Å²) < 4.78 is 3.88. The molecule has 0 unspecified atom stereocenters. The average Bonchev–Trinajstić information content (AvgIpc) is 2.87. The Bertz CT molecular complexity index is 828. The molecule has 1 N–H and O–H groups in total. The summed E-state index contributed by atoms with van der Waals surface area (Å²) in [6, 6.07) is 0. The van der Waals surface area contributed by atoms with E-state index in [1.807, 2.05) is 6.92 Å². The topological polar surface area (TPSA) is 99.1 Å². The van der Waals surface area contributed by atoms with Crippen LogP contribution in [0.3, 0.4) is 0 Å². The Kier molecular flexibility index (Phi) is 4.48. The van der Waals surface area contributed by atoms with Gasteiger partial charge in [0.05, 0.1) is 0 Å². The number of unbranched alkanes of at least 4 members (excludes halogenated alkanes) is 1. The van der Waals surface area contributed by atoms with Crippen molar-refractivity contribution in [2.75, 3.05) is 0 Å². The van der Waals surface area contributed by atoms with Crippen LogP contribution in [-0.2, 0) is 19.6 Å². The lowest BCUT2D eigenvalue weighted by Gasteiger charge is -2.10. The van der Waals surface area contributed by atoms with Gasteiger partial charge in [0.1, 0.15) is 0 Å². The number of carbonyl (C=O) groups is 1. The van der Waals surface area contributed by atoms with E-state index in [0.29, 0.717) is 13.1 Å². The summed E-state index contributed by atoms with van der Waals surface area (Å²) in [4.78, 5) is 40.4. The first kappa shape index (κ1) is 16.0. The highest BCUT2D eigenvalue weighted by Crippen LogP contribution is 2.12. The molecule has 2 aromatic heterocycles. The van der Waals surface area contributed by atoms with E-state index in [2.05, 4.69) is 4.98 Å². The number of imidazole rings is 1. The van der Waals surface area contributed by atoms with Crippen LogP contribution in [0.25, 0.3) is 11.2 Å². The van der Waals surface area contributed by atoms with Crippen molar-refractivity contribution in [3.63, 3.8) is 0 Å². The first-order chi connectivity index (χ1) is 10.5. The standard InChI is InChI=1S/C14H20N4O4/c1-4-7-8-18-10-9(12(19)17(6-3)14(18)22)16(5-2)11(15-10)13(20)21/h4-8H2,1-3H3,(H,20,21). The van der Waals surface area contributed by atoms with Crippen molar-refractivity contribution in [3.8, 4) is 0 Å². The summed E-state index contributed by atoms with van der Waals surface area (Å²) >= 11 is 0. The Labute approximate surface area is 126 Å². The van der Waals surface area contributed by atoms with Crippen LogP contribution in [0.5, 0.6) is 0 Å². The van der Waals surface area contributed by atoms with Gasteiger partial charge in [-0.25, -0.2) is 14.6 Å². The lowest BCUT2D eigenvalue weighted by atomic mass is 10.3. The molecule has 0 bridgehead atoms. The second-order valence-electron chi connectivity index (χ2n) is 4.99. The lowest BCUT2D eigenvalue weighted by Crippen LogP contribution is -2.40. The van der Waals surface area contributed by atoms with E-state index in [9.17, 15) is 19.5 Å². The van der Waals surface area contributed by atoms with Gasteiger partial charge in [-0.3, -0.25) is 13.9 Å². The molecule has 0 radical (unpaired) electrons. The van der Waals surface area contributed by atoms with Crippen molar-refractivity contribution in [3.05, 3.63) is 26.7 Å². The van der Waals surface area contributed by atoms with E-state index < -0.39 is 17.2 Å². The third-order valence-corrected chi connectivity index (χ3v) is 3.67. The van der Waals surface area contributed by atoms with Crippen LogP contribution in [-0.4, -0.2) is 29.8 Å². The van der Waals surface area contributed by atoms with Crippen molar-refractivity contribution < 1.29 is 9.90 Å². The predicted molar refractivity (Wildman–Crippen MR) is 81.5 cm³/mol. The van der Waals surface area contributed by atoms with Gasteiger partial charge in [0, 0.05) is 19.6 Å². The molecule has 2 aromatic rings. The van der Waals surface area contributed by atoms with Gasteiger partial charge in [0.25, 0.3) is 5.56 Å². The summed E-state index contributed by atoms with van der Waals surface area (Å²) in [5.41, 5.74) is -0.590. The molecule has 2 heterocycles. The fourth-order valence-corrected chi connectivity index (χ4v) is 2.56. The van der Waals surface area contributed by atoms with Crippen LogP contribution in [0.2, 0.25) is 0 Å². The molecule has 0 amide bonds. The fraction of sp³-hybridized carbons (Fsp3) is 0.571. The second-order valence-corrected chi connectivity index (χ2v) is 4.99. The predicted octanol–water partition coefficient (Wildman–Crippen LogP) is 0.898. The highest BCUT2D eigenvalue weighted by molar-refractivity contribution is 5.88. The van der Waals surface area contributed by atoms with Crippen molar-refractivity contribution in [1.82, 2.24) is 18.7 Å². The first-order valence-corrected chi connectivity index (χ1v) is 7.44. The summed E-state index contributed by atoms with van der Waals surface area (Å²) in [7, 11) is 0. The van der Waals surface area contributed by atoms with Crippen LogP contribution in [0.4, 0.5) is 0 Å². The van der Waals surface area contributed by atoms with Gasteiger partial charge in [-0.2, -0.15) is 0 Å². The Hall–Kier alpha value is -2.38. The van der Waals surface area contributed by atoms with Gasteiger partial charge in [-0.05, 0) is 20.3 Å². The van der Waals surface area contributed by atoms with Crippen molar-refractivity contribution >= 4 is 17.1 Å². The Balaban J connectivity index is 2.96. The molecule has 8 nitrogen and oxygen atoms in total. The molecule has 0 aliphatic heterocycles. The van der Waals surface area contributed by atoms with E-state index in [0.717, 1.165) is 17.4 Å². The Morgan fingerprint density at radius 1 is 1.09 bits per heavy atom. The molecule has 0 aliphatic carbocycles. The van der Waals surface area contributed by atoms with Crippen molar-refractivity contribution in [2.45, 2.75) is 53.2 Å². The second kappa shape index (κ2) is 6.17. The van der Waals surface area contributed by atoms with Gasteiger partial charge in [0.2, 0.25) is 5.82 Å². The van der Waals surface area contributed by atoms with E-state index in [4.69, 9.17) is 0 Å². The SMILES string of the molecule is CCCCn1c(=O)n(CC)c(=O)c2c1nc(C(=O)O)n2CC. The molecule has 120 valence electrons. The number of rotatable bonds is 6. The van der Waals surface area contributed by atoms with E-state index in [-0.39, 0.29) is 23.5 Å². The third kappa shape index (κ3) is 2.34. The van der Waals surface area contributed by atoms with Gasteiger partial charge in [-0.1, -0.05) is 13.3 Å². The maximum absolute atomic E-state index is 12.5. The summed E-state index contributed by atoms with van der Waals surface area (Å²) in [5.74, 6) is -1.43. The molecule has 0 saturated heterocycles. The summed E-state index contributed by atoms with van der Waals surface area (Å²) in [6.45, 7) is 6.38. The number of hydrogen-bond acceptors (Lipinski definition) is 4. The smallest absolute Gasteiger partial charge is 0.372 e. The number of fused-ring (bicyclic) bond motifs is 1. The maximum Gasteiger partial charge on any atom is 0.372 e. The first-order valence-electron chi connectivity index (χ1n) is 7.44. The minimum atomic E-state index is -1.21. The van der Waals surface area contributed by atoms with Gasteiger partial charge >= 0.3 is 11.7 Å². The molecule has 2 rings (SSSR count). The van der Waals surface area contributed by atoms with Gasteiger partial charge in [0.15, 0.2) is 11.2 Å². The minimum Gasteiger partial charge on any atom is -0.475 e. The number of aromatic carboxylic acids is 1. The zero-order chi connectivity index (χ0) is 16.4. The number of nitrogens with zero attached hydrogens (tertiary/aromatic N) is 4. The number of carboxylic acids is 1. The van der Waals surface area contributed by atoms with Crippen LogP contribution in [0.1, 0.15) is 44.2 Å². The summed E-state index contributed by atoms with van der Waals surface area (Å²) in [5, 5.41) is 9.27. The number of carboxylic acid groups (broad SMARTS) is 1. The zero-order valence-electron chi connectivity index (χ0n) is 13.0. The average molecular weight is 308 g/mol. The van der Waals surface area contributed by atoms with Gasteiger partial charge in [-0.15, -0.1) is 0 Å². The molecular formula is C14H20N4O4. The van der Waals surface area contributed by atoms with Crippen molar-refractivity contribution in [1.29, 1.82) is 0 Å². The molecular weight excluding hydrogens is 288 g/mol. The molecule has 0 saturated carbocycles. The minimum absolute atomic E-state index is 0.160. The summed E-state index contributed by atoms with van der Waals surface area (Å²) in [6.07, 6.45) is 1.62. The molecule has 0 fully saturated rings. The highest BCUT2D eigenvalue weighted by atomic mass is 16.4. The van der Waals surface area contributed by atoms with Crippen LogP contribution in [0.15, 0.2) is 9.59 Å². The van der Waals surface area contributed by atoms with Crippen molar-refractivity contribution in [2.24, 2.45) is 0 Å². The normalized spacial score (nSPS) is 11.2. The fourth-order valence-electron chi connectivity index (χ4n) is 2.56. The van der Waals surface area contributed by atoms with E-state index >= 15 is 0 Å². The number of aryl methyl sites for hydroxylation is 2. The largest absolute Gasteiger partial charge is 0.475 e. The van der Waals surface area contributed by atoms with E-state index in [1.165, 1.54) is 9.13 Å². The van der Waals surface area contributed by atoms with Crippen LogP contribution in [0, 0.1) is 0 Å². The maximum atomic E-state index is 12.5. The highest BCUT2D eigenvalue weighted by Gasteiger charge is 2.23. The molecule has 0 spiro atoms. The monoisotopic (exact) mass is 308 g/mol. The molecule has 0 atom stereocenters. The Morgan fingerprint density at radius 3 is 2.23 bits per heavy atom. The quantitative estimate of drug-likeness (QED) is 0.854. The van der Waals surface area contributed by atoms with Crippen LogP contribution < -0.4 is 11.2 Å².